The van der Waals surface area contributed by atoms with Gasteiger partial charge in [0.15, 0.2) is 5.82 Å². The molecule has 1 saturated carbocycles. The molecule has 3 heterocycles. The number of para-hydroxylation sites is 1. The fourth-order valence-corrected chi connectivity index (χ4v) is 3.66. The number of rotatable bonds is 3. The number of anilines is 1. The van der Waals surface area contributed by atoms with Crippen LogP contribution in [-0.4, -0.2) is 26.2 Å². The van der Waals surface area contributed by atoms with Crippen LogP contribution in [0.15, 0.2) is 36.0 Å². The molecule has 1 aliphatic rings. The summed E-state index contributed by atoms with van der Waals surface area (Å²) in [5.74, 6) is 1.75. The maximum Gasteiger partial charge on any atom is 0.163 e. The molecule has 0 atom stereocenters. The van der Waals surface area contributed by atoms with Crippen LogP contribution >= 0.6 is 11.3 Å². The highest BCUT2D eigenvalue weighted by Crippen LogP contribution is 2.38. The van der Waals surface area contributed by atoms with E-state index in [0.717, 1.165) is 28.1 Å². The number of thiophene rings is 1. The van der Waals surface area contributed by atoms with Gasteiger partial charge in [0, 0.05) is 22.4 Å². The van der Waals surface area contributed by atoms with Gasteiger partial charge >= 0.3 is 0 Å². The Morgan fingerprint density at radius 2 is 2.14 bits per heavy atom. The number of pyridine rings is 1. The largest absolute Gasteiger partial charge is 0.366 e. The molecule has 22 heavy (non-hydrogen) atoms. The molecule has 3 aromatic heterocycles. The predicted molar refractivity (Wildman–Crippen MR) is 89.1 cm³/mol. The molecule has 0 spiro atoms. The topological polar surface area (TPSA) is 66.5 Å². The number of aromatic amines is 1. The summed E-state index contributed by atoms with van der Waals surface area (Å²) in [6.45, 7) is 0. The van der Waals surface area contributed by atoms with Crippen molar-refractivity contribution in [1.82, 2.24) is 20.2 Å². The summed E-state index contributed by atoms with van der Waals surface area (Å²) in [5.41, 5.74) is 1.95. The van der Waals surface area contributed by atoms with Crippen molar-refractivity contribution in [3.63, 3.8) is 0 Å². The first-order valence-electron chi connectivity index (χ1n) is 7.33. The lowest BCUT2D eigenvalue weighted by molar-refractivity contribution is 1.09. The Kier molecular flexibility index (Phi) is 2.48. The first-order valence-corrected chi connectivity index (χ1v) is 8.21. The van der Waals surface area contributed by atoms with E-state index in [-0.39, 0.29) is 0 Å². The second-order valence-corrected chi connectivity index (χ2v) is 6.50. The van der Waals surface area contributed by atoms with E-state index < -0.39 is 0 Å². The van der Waals surface area contributed by atoms with E-state index in [2.05, 4.69) is 38.0 Å². The zero-order chi connectivity index (χ0) is 14.5. The fraction of sp³-hybridized carbons (Fsp3) is 0.188. The maximum absolute atomic E-state index is 4.92. The van der Waals surface area contributed by atoms with Crippen molar-refractivity contribution in [2.75, 3.05) is 5.32 Å². The number of fused-ring (bicyclic) bond motifs is 3. The molecule has 1 aromatic carbocycles. The van der Waals surface area contributed by atoms with Crippen molar-refractivity contribution >= 4 is 38.1 Å². The van der Waals surface area contributed by atoms with Crippen LogP contribution in [0.2, 0.25) is 0 Å². The Balaban J connectivity index is 1.85. The van der Waals surface area contributed by atoms with Crippen LogP contribution in [0.1, 0.15) is 12.8 Å². The number of benzene rings is 1. The maximum atomic E-state index is 4.92. The molecule has 1 aliphatic carbocycles. The summed E-state index contributed by atoms with van der Waals surface area (Å²) in [7, 11) is 0. The van der Waals surface area contributed by atoms with Gasteiger partial charge in [0.25, 0.3) is 0 Å². The Hall–Kier alpha value is -2.47. The van der Waals surface area contributed by atoms with E-state index in [9.17, 15) is 0 Å². The SMILES string of the molecule is c1cc(-c2nnc[nH]2)c2nc(NC3CC3)c3sccc3c2c1. The number of nitrogens with one attached hydrogen (secondary N) is 2. The highest BCUT2D eigenvalue weighted by molar-refractivity contribution is 7.18. The van der Waals surface area contributed by atoms with Gasteiger partial charge in [0.1, 0.15) is 12.1 Å². The summed E-state index contributed by atoms with van der Waals surface area (Å²) < 4.78 is 1.23. The van der Waals surface area contributed by atoms with E-state index in [1.54, 1.807) is 17.7 Å². The highest BCUT2D eigenvalue weighted by atomic mass is 32.1. The lowest BCUT2D eigenvalue weighted by Crippen LogP contribution is -2.03. The lowest BCUT2D eigenvalue weighted by Gasteiger charge is -2.10. The van der Waals surface area contributed by atoms with Crippen LogP contribution in [0.25, 0.3) is 32.4 Å². The minimum absolute atomic E-state index is 0.577. The van der Waals surface area contributed by atoms with E-state index in [1.165, 1.54) is 22.9 Å². The molecule has 0 amide bonds. The van der Waals surface area contributed by atoms with Gasteiger partial charge in [0.05, 0.1) is 10.2 Å². The highest BCUT2D eigenvalue weighted by Gasteiger charge is 2.23. The average Bonchev–Trinajstić information content (AvgIpc) is 3.05. The molecule has 1 fully saturated rings. The van der Waals surface area contributed by atoms with E-state index in [4.69, 9.17) is 4.98 Å². The second-order valence-electron chi connectivity index (χ2n) is 5.58. The Labute approximate surface area is 130 Å². The molecule has 6 heteroatoms. The number of H-pyrrole nitrogens is 1. The van der Waals surface area contributed by atoms with Crippen molar-refractivity contribution in [1.29, 1.82) is 0 Å². The van der Waals surface area contributed by atoms with Crippen LogP contribution in [0.4, 0.5) is 5.82 Å². The van der Waals surface area contributed by atoms with Gasteiger partial charge in [-0.3, -0.25) is 0 Å². The van der Waals surface area contributed by atoms with Gasteiger partial charge < -0.3 is 10.3 Å². The van der Waals surface area contributed by atoms with E-state index in [0.29, 0.717) is 6.04 Å². The Morgan fingerprint density at radius 1 is 1.18 bits per heavy atom. The van der Waals surface area contributed by atoms with Gasteiger partial charge in [-0.05, 0) is 30.4 Å². The normalized spacial score (nSPS) is 14.7. The van der Waals surface area contributed by atoms with E-state index in [1.807, 2.05) is 12.1 Å². The first-order chi connectivity index (χ1) is 10.9. The van der Waals surface area contributed by atoms with Crippen molar-refractivity contribution < 1.29 is 0 Å². The molecule has 5 rings (SSSR count). The minimum atomic E-state index is 0.577. The summed E-state index contributed by atoms with van der Waals surface area (Å²) >= 11 is 1.74. The molecule has 0 unspecified atom stereocenters. The van der Waals surface area contributed by atoms with Crippen molar-refractivity contribution in [2.45, 2.75) is 18.9 Å². The van der Waals surface area contributed by atoms with Crippen molar-refractivity contribution in [2.24, 2.45) is 0 Å². The zero-order valence-corrected chi connectivity index (χ0v) is 12.5. The van der Waals surface area contributed by atoms with Crippen LogP contribution in [0, 0.1) is 0 Å². The number of hydrogen-bond donors (Lipinski definition) is 2. The molecular formula is C16H13N5S. The number of hydrogen-bond acceptors (Lipinski definition) is 5. The molecular weight excluding hydrogens is 294 g/mol. The third-order valence-electron chi connectivity index (χ3n) is 4.02. The Morgan fingerprint density at radius 3 is 2.95 bits per heavy atom. The lowest BCUT2D eigenvalue weighted by atomic mass is 10.1. The molecule has 108 valence electrons. The predicted octanol–water partition coefficient (Wildman–Crippen LogP) is 3.81. The summed E-state index contributed by atoms with van der Waals surface area (Å²) in [4.78, 5) is 8.00. The Bertz CT molecular complexity index is 969. The standard InChI is InChI=1S/C16H13N5S/c1-2-10-11-6-7-22-14(11)16(19-9-4-5-9)20-13(10)12(3-1)15-17-8-18-21-15/h1-3,6-9H,4-5H2,(H,19,20)(H,17,18,21). The average molecular weight is 307 g/mol. The van der Waals surface area contributed by atoms with Crippen molar-refractivity contribution in [3.8, 4) is 11.4 Å². The van der Waals surface area contributed by atoms with Crippen LogP contribution < -0.4 is 5.32 Å². The zero-order valence-electron chi connectivity index (χ0n) is 11.7. The van der Waals surface area contributed by atoms with Gasteiger partial charge in [-0.15, -0.1) is 21.5 Å². The molecule has 4 aromatic rings. The van der Waals surface area contributed by atoms with Gasteiger partial charge in [-0.25, -0.2) is 4.98 Å². The van der Waals surface area contributed by atoms with Crippen LogP contribution in [0.5, 0.6) is 0 Å². The minimum Gasteiger partial charge on any atom is -0.366 e. The molecule has 5 nitrogen and oxygen atoms in total. The van der Waals surface area contributed by atoms with Crippen molar-refractivity contribution in [3.05, 3.63) is 36.0 Å². The van der Waals surface area contributed by atoms with Gasteiger partial charge in [0.2, 0.25) is 0 Å². The number of aromatic nitrogens is 4. The number of nitrogens with zero attached hydrogens (tertiary/aromatic N) is 3. The quantitative estimate of drug-likeness (QED) is 0.604. The molecule has 0 saturated heterocycles. The fourth-order valence-electron chi connectivity index (χ4n) is 2.80. The smallest absolute Gasteiger partial charge is 0.163 e. The summed E-state index contributed by atoms with van der Waals surface area (Å²) in [5, 5.41) is 16.1. The summed E-state index contributed by atoms with van der Waals surface area (Å²) in [6, 6.07) is 8.96. The van der Waals surface area contributed by atoms with Crippen LogP contribution in [0.3, 0.4) is 0 Å². The third-order valence-corrected chi connectivity index (χ3v) is 4.94. The molecule has 2 N–H and O–H groups in total. The second kappa shape index (κ2) is 4.51. The molecule has 0 radical (unpaired) electrons. The van der Waals surface area contributed by atoms with Gasteiger partial charge in [-0.2, -0.15) is 0 Å². The summed E-state index contributed by atoms with van der Waals surface area (Å²) in [6.07, 6.45) is 4.06. The molecule has 0 bridgehead atoms. The van der Waals surface area contributed by atoms with E-state index >= 15 is 0 Å². The van der Waals surface area contributed by atoms with Crippen LogP contribution in [-0.2, 0) is 0 Å². The molecule has 0 aliphatic heterocycles. The first kappa shape index (κ1) is 12.1. The third kappa shape index (κ3) is 1.80. The monoisotopic (exact) mass is 307 g/mol. The van der Waals surface area contributed by atoms with Gasteiger partial charge in [-0.1, -0.05) is 12.1 Å².